The zero-order valence-corrected chi connectivity index (χ0v) is 15.4. The highest BCUT2D eigenvalue weighted by Crippen LogP contribution is 2.39. The van der Waals surface area contributed by atoms with E-state index in [4.69, 9.17) is 21.9 Å². The summed E-state index contributed by atoms with van der Waals surface area (Å²) >= 11 is 0. The lowest BCUT2D eigenvalue weighted by atomic mass is 9.93. The second-order valence-corrected chi connectivity index (χ2v) is 6.66. The zero-order chi connectivity index (χ0) is 20.4. The molecule has 1 aliphatic carbocycles. The normalized spacial score (nSPS) is 14.8. The lowest BCUT2D eigenvalue weighted by Crippen LogP contribution is -2.42. The third-order valence-electron chi connectivity index (χ3n) is 4.89. The molecule has 148 valence electrons. The van der Waals surface area contributed by atoms with Gasteiger partial charge in [-0.1, -0.05) is 0 Å². The van der Waals surface area contributed by atoms with E-state index in [2.05, 4.69) is 5.32 Å². The number of anilines is 1. The Hall–Kier alpha value is -3.29. The van der Waals surface area contributed by atoms with Crippen LogP contribution in [-0.4, -0.2) is 19.1 Å². The highest BCUT2D eigenvalue weighted by molar-refractivity contribution is 6.02. The molecule has 0 aromatic heterocycles. The van der Waals surface area contributed by atoms with E-state index in [1.165, 1.54) is 25.3 Å². The Labute approximate surface area is 161 Å². The highest BCUT2D eigenvalue weighted by atomic mass is 19.1. The lowest BCUT2D eigenvalue weighted by Gasteiger charge is -2.26. The van der Waals surface area contributed by atoms with Crippen molar-refractivity contribution in [1.82, 2.24) is 5.32 Å². The van der Waals surface area contributed by atoms with E-state index in [-0.39, 0.29) is 45.6 Å². The zero-order valence-electron chi connectivity index (χ0n) is 15.4. The van der Waals surface area contributed by atoms with Gasteiger partial charge in [-0.3, -0.25) is 4.79 Å². The number of methoxy groups -OCH3 is 1. The van der Waals surface area contributed by atoms with Gasteiger partial charge in [-0.25, -0.2) is 8.78 Å². The van der Waals surface area contributed by atoms with Gasteiger partial charge in [-0.2, -0.15) is 0 Å². The van der Waals surface area contributed by atoms with Crippen LogP contribution in [0, 0.1) is 11.6 Å². The van der Waals surface area contributed by atoms with E-state index in [1.54, 1.807) is 0 Å². The minimum Gasteiger partial charge on any atom is -0.496 e. The van der Waals surface area contributed by atoms with Gasteiger partial charge >= 0.3 is 0 Å². The molecule has 1 fully saturated rings. The van der Waals surface area contributed by atoms with Crippen LogP contribution in [0.2, 0.25) is 0 Å². The maximum atomic E-state index is 14.6. The number of amides is 1. The molecule has 0 bridgehead atoms. The fraction of sp³-hybridized carbons (Fsp3) is 0.250. The Kier molecular flexibility index (Phi) is 5.39. The standard InChI is InChI=1S/C20H22F2N4O2/c1-28-15-8-5-10(21)9-13(15)16-14(22)7-6-12(17(16)23)18(24)19(25)20(27)26-11-3-2-4-11/h5-9,11H,2-4,23-25H2,1H3,(H,26,27)/b19-18+. The Morgan fingerprint density at radius 3 is 2.50 bits per heavy atom. The van der Waals surface area contributed by atoms with Crippen LogP contribution in [0.1, 0.15) is 24.8 Å². The largest absolute Gasteiger partial charge is 0.496 e. The number of nitrogens with one attached hydrogen (secondary N) is 1. The van der Waals surface area contributed by atoms with Crippen molar-refractivity contribution in [2.45, 2.75) is 25.3 Å². The summed E-state index contributed by atoms with van der Waals surface area (Å²) in [5.41, 5.74) is 18.0. The van der Waals surface area contributed by atoms with E-state index in [9.17, 15) is 13.6 Å². The smallest absolute Gasteiger partial charge is 0.269 e. The average Bonchev–Trinajstić information content (AvgIpc) is 2.63. The van der Waals surface area contributed by atoms with Crippen LogP contribution in [0.3, 0.4) is 0 Å². The molecule has 0 heterocycles. The Morgan fingerprint density at radius 2 is 1.89 bits per heavy atom. The van der Waals surface area contributed by atoms with Gasteiger partial charge in [0.15, 0.2) is 0 Å². The molecule has 0 saturated heterocycles. The number of hydrogen-bond donors (Lipinski definition) is 4. The SMILES string of the molecule is COc1ccc(F)cc1-c1c(F)ccc(/C(N)=C(\N)C(=O)NC2CCC2)c1N. The topological polar surface area (TPSA) is 116 Å². The minimum absolute atomic E-state index is 0.0687. The van der Waals surface area contributed by atoms with Gasteiger partial charge in [0, 0.05) is 22.7 Å². The predicted molar refractivity (Wildman–Crippen MR) is 104 cm³/mol. The Bertz CT molecular complexity index is 955. The summed E-state index contributed by atoms with van der Waals surface area (Å²) in [7, 11) is 1.38. The molecule has 1 aliphatic rings. The van der Waals surface area contributed by atoms with Crippen LogP contribution in [0.4, 0.5) is 14.5 Å². The number of rotatable bonds is 5. The van der Waals surface area contributed by atoms with Crippen molar-refractivity contribution < 1.29 is 18.3 Å². The molecule has 1 amide bonds. The fourth-order valence-corrected chi connectivity index (χ4v) is 3.06. The molecule has 8 heteroatoms. The van der Waals surface area contributed by atoms with E-state index in [1.807, 2.05) is 0 Å². The number of hydrogen-bond acceptors (Lipinski definition) is 5. The number of carbonyl (C=O) groups excluding carboxylic acids is 1. The van der Waals surface area contributed by atoms with Gasteiger partial charge < -0.3 is 27.3 Å². The number of nitrogen functional groups attached to an aromatic ring is 1. The lowest BCUT2D eigenvalue weighted by molar-refractivity contribution is -0.118. The summed E-state index contributed by atoms with van der Waals surface area (Å²) in [5.74, 6) is -1.53. The van der Waals surface area contributed by atoms with Gasteiger partial charge in [0.25, 0.3) is 5.91 Å². The van der Waals surface area contributed by atoms with Crippen LogP contribution in [0.15, 0.2) is 36.0 Å². The summed E-state index contributed by atoms with van der Waals surface area (Å²) in [4.78, 5) is 12.3. The van der Waals surface area contributed by atoms with Crippen LogP contribution in [-0.2, 0) is 4.79 Å². The molecule has 0 aliphatic heterocycles. The summed E-state index contributed by atoms with van der Waals surface area (Å²) in [6.45, 7) is 0. The van der Waals surface area contributed by atoms with Crippen molar-refractivity contribution in [3.05, 3.63) is 53.2 Å². The third-order valence-corrected chi connectivity index (χ3v) is 4.89. The first-order valence-corrected chi connectivity index (χ1v) is 8.81. The first kappa shape index (κ1) is 19.5. The number of nitrogens with two attached hydrogens (primary N) is 3. The number of benzene rings is 2. The Morgan fingerprint density at radius 1 is 1.18 bits per heavy atom. The number of ether oxygens (including phenoxy) is 1. The summed E-state index contributed by atoms with van der Waals surface area (Å²) in [6.07, 6.45) is 2.83. The molecule has 6 nitrogen and oxygen atoms in total. The van der Waals surface area contributed by atoms with Gasteiger partial charge in [-0.15, -0.1) is 0 Å². The molecule has 0 atom stereocenters. The average molecular weight is 388 g/mol. The van der Waals surface area contributed by atoms with Crippen molar-refractivity contribution in [2.24, 2.45) is 11.5 Å². The summed E-state index contributed by atoms with van der Waals surface area (Å²) < 4.78 is 33.5. The Balaban J connectivity index is 2.07. The maximum absolute atomic E-state index is 14.6. The number of carbonyl (C=O) groups is 1. The molecule has 3 rings (SSSR count). The van der Waals surface area contributed by atoms with E-state index < -0.39 is 17.5 Å². The van der Waals surface area contributed by atoms with Crippen LogP contribution in [0.25, 0.3) is 16.8 Å². The quantitative estimate of drug-likeness (QED) is 0.464. The first-order chi connectivity index (χ1) is 13.3. The molecule has 2 aromatic rings. The molecular weight excluding hydrogens is 366 g/mol. The number of halogens is 2. The molecular formula is C20H22F2N4O2. The second kappa shape index (κ2) is 7.75. The predicted octanol–water partition coefficient (Wildman–Crippen LogP) is 2.48. The van der Waals surface area contributed by atoms with Crippen molar-refractivity contribution in [3.8, 4) is 16.9 Å². The van der Waals surface area contributed by atoms with Crippen molar-refractivity contribution in [3.63, 3.8) is 0 Å². The molecule has 28 heavy (non-hydrogen) atoms. The van der Waals surface area contributed by atoms with Crippen LogP contribution in [0.5, 0.6) is 5.75 Å². The summed E-state index contributed by atoms with van der Waals surface area (Å²) in [5, 5.41) is 2.78. The van der Waals surface area contributed by atoms with E-state index in [0.29, 0.717) is 0 Å². The van der Waals surface area contributed by atoms with Gasteiger partial charge in [0.05, 0.1) is 18.5 Å². The monoisotopic (exact) mass is 388 g/mol. The fourth-order valence-electron chi connectivity index (χ4n) is 3.06. The third kappa shape index (κ3) is 3.58. The first-order valence-electron chi connectivity index (χ1n) is 8.81. The van der Waals surface area contributed by atoms with E-state index >= 15 is 0 Å². The van der Waals surface area contributed by atoms with Gasteiger partial charge in [0.1, 0.15) is 23.1 Å². The molecule has 1 saturated carbocycles. The molecule has 7 N–H and O–H groups in total. The summed E-state index contributed by atoms with van der Waals surface area (Å²) in [6, 6.07) is 6.22. The van der Waals surface area contributed by atoms with Crippen LogP contribution < -0.4 is 27.3 Å². The maximum Gasteiger partial charge on any atom is 0.269 e. The molecule has 0 unspecified atom stereocenters. The van der Waals surface area contributed by atoms with Gasteiger partial charge in [0.2, 0.25) is 0 Å². The highest BCUT2D eigenvalue weighted by Gasteiger charge is 2.24. The van der Waals surface area contributed by atoms with Crippen LogP contribution >= 0.6 is 0 Å². The van der Waals surface area contributed by atoms with Crippen molar-refractivity contribution in [1.29, 1.82) is 0 Å². The van der Waals surface area contributed by atoms with Gasteiger partial charge in [-0.05, 0) is 49.6 Å². The second-order valence-electron chi connectivity index (χ2n) is 6.66. The molecule has 0 radical (unpaired) electrons. The van der Waals surface area contributed by atoms with E-state index in [0.717, 1.165) is 31.4 Å². The van der Waals surface area contributed by atoms with Crippen molar-refractivity contribution in [2.75, 3.05) is 12.8 Å². The molecule has 2 aromatic carbocycles. The van der Waals surface area contributed by atoms with Crippen molar-refractivity contribution >= 4 is 17.3 Å². The molecule has 0 spiro atoms. The minimum atomic E-state index is -0.685.